The number of amides is 3. The summed E-state index contributed by atoms with van der Waals surface area (Å²) in [5, 5.41) is 8.79. The number of hydrogen-bond donors (Lipinski definition) is 2. The molecule has 3 heterocycles. The molecule has 2 aliphatic heterocycles. The highest BCUT2D eigenvalue weighted by atomic mass is 19.4. The molecule has 2 N–H and O–H groups in total. The van der Waals surface area contributed by atoms with Gasteiger partial charge < -0.3 is 10.2 Å². The molecule has 7 rings (SSSR count). The number of nitrogens with one attached hydrogen (secondary N) is 2. The molecule has 3 amide bonds. The Labute approximate surface area is 260 Å². The van der Waals surface area contributed by atoms with Crippen molar-refractivity contribution in [2.45, 2.75) is 76.0 Å². The van der Waals surface area contributed by atoms with Crippen LogP contribution in [0.2, 0.25) is 0 Å². The number of nitrogens with zero attached hydrogens (tertiary/aromatic N) is 4. The largest absolute Gasteiger partial charge is 0.435 e. The number of rotatable bonds is 5. The van der Waals surface area contributed by atoms with Crippen molar-refractivity contribution in [1.29, 1.82) is 0 Å². The van der Waals surface area contributed by atoms with Gasteiger partial charge in [-0.3, -0.25) is 14.9 Å². The minimum atomic E-state index is -4.53. The van der Waals surface area contributed by atoms with Crippen LogP contribution in [-0.4, -0.2) is 51.3 Å². The maximum atomic E-state index is 13.7. The van der Waals surface area contributed by atoms with Crippen molar-refractivity contribution in [1.82, 2.24) is 25.0 Å². The number of alkyl halides is 3. The van der Waals surface area contributed by atoms with Gasteiger partial charge in [0.25, 0.3) is 0 Å². The van der Waals surface area contributed by atoms with Gasteiger partial charge in [0, 0.05) is 31.2 Å². The summed E-state index contributed by atoms with van der Waals surface area (Å²) < 4.78 is 41.3. The lowest BCUT2D eigenvalue weighted by Gasteiger charge is -2.37. The molecule has 0 bridgehead atoms. The van der Waals surface area contributed by atoms with Crippen LogP contribution in [0, 0.1) is 11.8 Å². The number of para-hydroxylation sites is 1. The molecule has 2 aromatic carbocycles. The van der Waals surface area contributed by atoms with E-state index in [0.29, 0.717) is 25.3 Å². The van der Waals surface area contributed by atoms with Crippen molar-refractivity contribution in [3.63, 3.8) is 0 Å². The molecule has 0 radical (unpaired) electrons. The van der Waals surface area contributed by atoms with Crippen LogP contribution in [0.1, 0.15) is 78.6 Å². The number of anilines is 1. The second-order valence-corrected chi connectivity index (χ2v) is 13.0. The van der Waals surface area contributed by atoms with Gasteiger partial charge in [0.15, 0.2) is 5.69 Å². The smallest absolute Gasteiger partial charge is 0.341 e. The Kier molecular flexibility index (Phi) is 7.95. The van der Waals surface area contributed by atoms with Crippen molar-refractivity contribution in [3.8, 4) is 0 Å². The summed E-state index contributed by atoms with van der Waals surface area (Å²) in [6.45, 7) is 1.43. The molecule has 8 nitrogen and oxygen atoms in total. The molecular weight excluding hydrogens is 581 g/mol. The number of urea groups is 1. The third-order valence-corrected chi connectivity index (χ3v) is 10.0. The molecule has 11 heteroatoms. The highest BCUT2D eigenvalue weighted by Gasteiger charge is 2.39. The Balaban J connectivity index is 1.01. The molecule has 2 atom stereocenters. The van der Waals surface area contributed by atoms with E-state index in [2.05, 4.69) is 34.0 Å². The Morgan fingerprint density at radius 1 is 0.933 bits per heavy atom. The molecule has 2 aliphatic carbocycles. The Morgan fingerprint density at radius 3 is 2.42 bits per heavy atom. The number of carbonyl (C=O) groups is 2. The molecule has 2 fully saturated rings. The van der Waals surface area contributed by atoms with Gasteiger partial charge in [-0.1, -0.05) is 42.5 Å². The lowest BCUT2D eigenvalue weighted by atomic mass is 9.80. The molecule has 1 saturated heterocycles. The summed E-state index contributed by atoms with van der Waals surface area (Å²) in [5.74, 6) is 0.321. The quantitative estimate of drug-likeness (QED) is 0.351. The van der Waals surface area contributed by atoms with Crippen molar-refractivity contribution in [2.24, 2.45) is 11.8 Å². The van der Waals surface area contributed by atoms with Crippen molar-refractivity contribution in [2.75, 3.05) is 25.1 Å². The van der Waals surface area contributed by atoms with Crippen LogP contribution in [0.4, 0.5) is 23.7 Å². The number of hydrogen-bond acceptors (Lipinski definition) is 4. The van der Waals surface area contributed by atoms with Gasteiger partial charge in [-0.15, -0.1) is 0 Å². The zero-order chi connectivity index (χ0) is 31.1. The normalized spacial score (nSPS) is 22.2. The van der Waals surface area contributed by atoms with Crippen molar-refractivity contribution < 1.29 is 22.8 Å². The number of piperidine rings is 1. The summed E-state index contributed by atoms with van der Waals surface area (Å²) in [6.07, 6.45) is 2.43. The van der Waals surface area contributed by atoms with Crippen LogP contribution in [0.3, 0.4) is 0 Å². The van der Waals surface area contributed by atoms with Gasteiger partial charge in [0.2, 0.25) is 5.91 Å². The highest BCUT2D eigenvalue weighted by Crippen LogP contribution is 2.42. The van der Waals surface area contributed by atoms with Crippen LogP contribution in [0.25, 0.3) is 0 Å². The molecule has 1 saturated carbocycles. The van der Waals surface area contributed by atoms with Gasteiger partial charge >= 0.3 is 12.2 Å². The van der Waals surface area contributed by atoms with Gasteiger partial charge in [0.05, 0.1) is 11.7 Å². The molecule has 0 spiro atoms. The Morgan fingerprint density at radius 2 is 1.67 bits per heavy atom. The molecule has 1 aromatic heterocycles. The van der Waals surface area contributed by atoms with Gasteiger partial charge in [-0.2, -0.15) is 18.3 Å². The number of benzene rings is 2. The Hall–Kier alpha value is -4.02. The van der Waals surface area contributed by atoms with E-state index >= 15 is 0 Å². The first kappa shape index (κ1) is 29.7. The van der Waals surface area contributed by atoms with E-state index in [1.54, 1.807) is 9.91 Å². The minimum Gasteiger partial charge on any atom is -0.341 e. The number of aromatic nitrogens is 2. The third-order valence-electron chi connectivity index (χ3n) is 10.0. The van der Waals surface area contributed by atoms with Crippen LogP contribution in [-0.2, 0) is 30.4 Å². The number of hydrazine groups is 1. The fourth-order valence-corrected chi connectivity index (χ4v) is 7.41. The summed E-state index contributed by atoms with van der Waals surface area (Å²) in [7, 11) is 0. The van der Waals surface area contributed by atoms with E-state index in [0.717, 1.165) is 68.7 Å². The standard InChI is InChI=1S/C34H39F3N6O2/c35-34(36,37)31-19-30(24-12-13-24)42(40-31)21-32(44)41-16-14-22(15-17-41)26-18-25-7-2-4-10-28(25)39-43(20-26)33(45)38-29-11-5-8-23-6-1-3-9-27(23)29/h1-4,6-7,9-10,19,22,24,26,29,39H,5,8,11-18,20-21H2,(H,38,45). The van der Waals surface area contributed by atoms with Gasteiger partial charge in [0.1, 0.15) is 6.54 Å². The van der Waals surface area contributed by atoms with Crippen LogP contribution < -0.4 is 10.7 Å². The summed E-state index contributed by atoms with van der Waals surface area (Å²) in [5.41, 5.74) is 7.53. The molecule has 238 valence electrons. The highest BCUT2D eigenvalue weighted by molar-refractivity contribution is 5.77. The SMILES string of the molecule is O=C(Cn1nc(C(F)(F)F)cc1C1CC1)N1CCC(C2Cc3ccccc3NN(C(=O)NC3CCCc4ccccc43)C2)CC1. The zero-order valence-electron chi connectivity index (χ0n) is 25.2. The predicted molar refractivity (Wildman–Crippen MR) is 163 cm³/mol. The monoisotopic (exact) mass is 620 g/mol. The number of carbonyl (C=O) groups excluding carboxylic acids is 2. The average Bonchev–Trinajstić information content (AvgIpc) is 3.82. The summed E-state index contributed by atoms with van der Waals surface area (Å²) in [4.78, 5) is 28.8. The van der Waals surface area contributed by atoms with E-state index in [1.165, 1.54) is 15.8 Å². The van der Waals surface area contributed by atoms with Crippen LogP contribution in [0.5, 0.6) is 0 Å². The van der Waals surface area contributed by atoms with Gasteiger partial charge in [-0.25, -0.2) is 9.80 Å². The summed E-state index contributed by atoms with van der Waals surface area (Å²) in [6, 6.07) is 17.3. The maximum absolute atomic E-state index is 13.7. The number of fused-ring (bicyclic) bond motifs is 2. The topological polar surface area (TPSA) is 82.5 Å². The Bertz CT molecular complexity index is 1560. The number of likely N-dealkylation sites (tertiary alicyclic amines) is 1. The van der Waals surface area contributed by atoms with E-state index in [-0.39, 0.29) is 42.3 Å². The lowest BCUT2D eigenvalue weighted by Crippen LogP contribution is -2.48. The zero-order valence-corrected chi connectivity index (χ0v) is 25.2. The first-order valence-electron chi connectivity index (χ1n) is 16.2. The maximum Gasteiger partial charge on any atom is 0.435 e. The van der Waals surface area contributed by atoms with Crippen molar-refractivity contribution in [3.05, 3.63) is 82.7 Å². The number of halogens is 3. The lowest BCUT2D eigenvalue weighted by molar-refractivity contribution is -0.142. The predicted octanol–water partition coefficient (Wildman–Crippen LogP) is 6.31. The van der Waals surface area contributed by atoms with Gasteiger partial charge in [-0.05, 0) is 92.0 Å². The second-order valence-electron chi connectivity index (χ2n) is 13.0. The van der Waals surface area contributed by atoms with Crippen LogP contribution in [0.15, 0.2) is 54.6 Å². The molecule has 4 aliphatic rings. The van der Waals surface area contributed by atoms with E-state index in [1.807, 2.05) is 30.3 Å². The first-order valence-corrected chi connectivity index (χ1v) is 16.2. The second kappa shape index (κ2) is 12.1. The van der Waals surface area contributed by atoms with Crippen LogP contribution >= 0.6 is 0 Å². The molecule has 3 aromatic rings. The van der Waals surface area contributed by atoms with E-state index in [4.69, 9.17) is 0 Å². The van der Waals surface area contributed by atoms with Crippen molar-refractivity contribution >= 4 is 17.6 Å². The number of aryl methyl sites for hydroxylation is 1. The molecule has 45 heavy (non-hydrogen) atoms. The molecular formula is C34H39F3N6O2. The third kappa shape index (κ3) is 6.39. The van der Waals surface area contributed by atoms with E-state index in [9.17, 15) is 22.8 Å². The fourth-order valence-electron chi connectivity index (χ4n) is 7.41. The summed E-state index contributed by atoms with van der Waals surface area (Å²) >= 11 is 0. The van der Waals surface area contributed by atoms with E-state index < -0.39 is 11.9 Å². The molecule has 2 unspecified atom stereocenters. The first-order chi connectivity index (χ1) is 21.7. The average molecular weight is 621 g/mol. The minimum absolute atomic E-state index is 0.0297. The fraction of sp³-hybridized carbons (Fsp3) is 0.500.